The molecule has 2 rings (SSSR count). The van der Waals surface area contributed by atoms with Crippen LogP contribution < -0.4 is 11.2 Å². The smallest absolute Gasteiger partial charge is 0.400 e. The van der Waals surface area contributed by atoms with E-state index in [9.17, 15) is 28.2 Å². The molecular formula is C10H19N2O14P3. The SMILES string of the molecule is CO.O=c1ccn(C2CCC(COP(=O)(O)OP(=O)(O)OP(=O)(O)O)O2)c(=O)[nH]1. The number of hydrogen-bond donors (Lipinski definition) is 6. The average molecular weight is 484 g/mol. The topological polar surface area (TPSA) is 244 Å². The first kappa shape index (κ1) is 26.0. The number of phosphoric ester groups is 1. The summed E-state index contributed by atoms with van der Waals surface area (Å²) in [7, 11) is -15.3. The van der Waals surface area contributed by atoms with Crippen LogP contribution >= 0.6 is 23.5 Å². The Labute approximate surface area is 162 Å². The fourth-order valence-electron chi connectivity index (χ4n) is 2.15. The van der Waals surface area contributed by atoms with Gasteiger partial charge in [-0.25, -0.2) is 18.5 Å². The number of aromatic nitrogens is 2. The molecule has 4 unspecified atom stereocenters. The molecule has 0 aromatic carbocycles. The van der Waals surface area contributed by atoms with E-state index in [1.54, 1.807) is 0 Å². The van der Waals surface area contributed by atoms with E-state index in [1.807, 2.05) is 4.98 Å². The molecule has 0 spiro atoms. The zero-order chi connectivity index (χ0) is 22.5. The summed E-state index contributed by atoms with van der Waals surface area (Å²) in [4.78, 5) is 60.0. The Bertz CT molecular complexity index is 936. The van der Waals surface area contributed by atoms with Gasteiger partial charge >= 0.3 is 29.2 Å². The van der Waals surface area contributed by atoms with Crippen LogP contribution in [0.1, 0.15) is 19.1 Å². The first-order valence-electron chi connectivity index (χ1n) is 7.46. The lowest BCUT2D eigenvalue weighted by molar-refractivity contribution is -0.0243. The molecule has 16 nitrogen and oxygen atoms in total. The van der Waals surface area contributed by atoms with Gasteiger partial charge in [0.15, 0.2) is 0 Å². The Balaban J connectivity index is 0.00000204. The van der Waals surface area contributed by atoms with Gasteiger partial charge in [-0.15, -0.1) is 0 Å². The van der Waals surface area contributed by atoms with Gasteiger partial charge < -0.3 is 29.4 Å². The third-order valence-electron chi connectivity index (χ3n) is 3.09. The van der Waals surface area contributed by atoms with Gasteiger partial charge in [-0.3, -0.25) is 18.9 Å². The molecule has 1 aromatic rings. The van der Waals surface area contributed by atoms with Crippen LogP contribution in [-0.2, 0) is 31.6 Å². The van der Waals surface area contributed by atoms with Crippen molar-refractivity contribution in [2.24, 2.45) is 0 Å². The third-order valence-corrected chi connectivity index (χ3v) is 6.89. The predicted octanol–water partition coefficient (Wildman–Crippen LogP) is -0.834. The molecule has 0 saturated carbocycles. The number of phosphoric acid groups is 3. The Morgan fingerprint density at radius 3 is 2.28 bits per heavy atom. The first-order valence-corrected chi connectivity index (χ1v) is 12.0. The van der Waals surface area contributed by atoms with Gasteiger partial charge in [0.25, 0.3) is 5.56 Å². The number of nitrogens with zero attached hydrogens (tertiary/aromatic N) is 1. The highest BCUT2D eigenvalue weighted by Gasteiger charge is 2.41. The van der Waals surface area contributed by atoms with Crippen molar-refractivity contribution >= 4 is 23.5 Å². The second-order valence-corrected chi connectivity index (χ2v) is 9.61. The molecule has 0 radical (unpaired) electrons. The number of nitrogens with one attached hydrogen (secondary N) is 1. The van der Waals surface area contributed by atoms with Gasteiger partial charge in [0.05, 0.1) is 12.7 Å². The molecule has 1 aliphatic heterocycles. The molecule has 0 bridgehead atoms. The molecule has 0 aliphatic carbocycles. The van der Waals surface area contributed by atoms with E-state index in [2.05, 4.69) is 13.1 Å². The average Bonchev–Trinajstić information content (AvgIpc) is 3.00. The molecule has 1 aliphatic rings. The monoisotopic (exact) mass is 484 g/mol. The number of aliphatic hydroxyl groups is 1. The summed E-state index contributed by atoms with van der Waals surface area (Å²) in [6.45, 7) is -0.613. The van der Waals surface area contributed by atoms with E-state index in [-0.39, 0.29) is 12.8 Å². The molecule has 168 valence electrons. The molecular weight excluding hydrogens is 465 g/mol. The van der Waals surface area contributed by atoms with Gasteiger partial charge in [0.1, 0.15) is 6.23 Å². The fourth-order valence-corrected chi connectivity index (χ4v) is 5.20. The number of aromatic amines is 1. The van der Waals surface area contributed by atoms with Crippen LogP contribution in [0.2, 0.25) is 0 Å². The molecule has 19 heteroatoms. The molecule has 6 N–H and O–H groups in total. The van der Waals surface area contributed by atoms with E-state index < -0.39 is 53.7 Å². The molecule has 2 heterocycles. The lowest BCUT2D eigenvalue weighted by Crippen LogP contribution is -2.31. The normalized spacial score (nSPS) is 23.5. The maximum absolute atomic E-state index is 11.7. The second-order valence-electron chi connectivity index (χ2n) is 5.19. The van der Waals surface area contributed by atoms with Crippen LogP contribution in [0.5, 0.6) is 0 Å². The van der Waals surface area contributed by atoms with Crippen molar-refractivity contribution in [1.82, 2.24) is 9.55 Å². The summed E-state index contributed by atoms with van der Waals surface area (Å²) < 4.78 is 51.4. The van der Waals surface area contributed by atoms with Crippen molar-refractivity contribution in [2.45, 2.75) is 25.2 Å². The fraction of sp³-hybridized carbons (Fsp3) is 0.600. The van der Waals surface area contributed by atoms with Gasteiger partial charge in [-0.1, -0.05) is 0 Å². The minimum absolute atomic E-state index is 0.256. The van der Waals surface area contributed by atoms with Crippen molar-refractivity contribution in [3.8, 4) is 0 Å². The van der Waals surface area contributed by atoms with E-state index in [1.165, 1.54) is 6.20 Å². The van der Waals surface area contributed by atoms with E-state index >= 15 is 0 Å². The number of rotatable bonds is 8. The number of H-pyrrole nitrogens is 1. The molecule has 0 amide bonds. The summed E-state index contributed by atoms with van der Waals surface area (Å²) in [5.41, 5.74) is -1.32. The summed E-state index contributed by atoms with van der Waals surface area (Å²) in [6.07, 6.45) is 0.140. The summed E-state index contributed by atoms with van der Waals surface area (Å²) in [5.74, 6) is 0. The maximum Gasteiger partial charge on any atom is 0.490 e. The van der Waals surface area contributed by atoms with E-state index in [0.717, 1.165) is 17.7 Å². The Morgan fingerprint density at radius 1 is 1.10 bits per heavy atom. The lowest BCUT2D eigenvalue weighted by atomic mass is 10.2. The van der Waals surface area contributed by atoms with Crippen LogP contribution in [-0.4, -0.2) is 54.1 Å². The minimum atomic E-state index is -5.59. The first-order chi connectivity index (χ1) is 13.3. The number of hydrogen-bond acceptors (Lipinski definition) is 10. The highest BCUT2D eigenvalue weighted by atomic mass is 31.3. The third kappa shape index (κ3) is 9.13. The molecule has 1 fully saturated rings. The van der Waals surface area contributed by atoms with Gasteiger partial charge in [0.2, 0.25) is 0 Å². The second kappa shape index (κ2) is 10.4. The van der Waals surface area contributed by atoms with Crippen molar-refractivity contribution < 1.29 is 56.3 Å². The Morgan fingerprint density at radius 2 is 1.72 bits per heavy atom. The molecule has 4 atom stereocenters. The number of ether oxygens (including phenoxy) is 1. The maximum atomic E-state index is 11.7. The van der Waals surface area contributed by atoms with Crippen LogP contribution in [0, 0.1) is 0 Å². The molecule has 1 saturated heterocycles. The van der Waals surface area contributed by atoms with Crippen LogP contribution in [0.3, 0.4) is 0 Å². The summed E-state index contributed by atoms with van der Waals surface area (Å²) in [6, 6.07) is 1.10. The highest BCUT2D eigenvalue weighted by molar-refractivity contribution is 7.66. The largest absolute Gasteiger partial charge is 0.490 e. The summed E-state index contributed by atoms with van der Waals surface area (Å²) in [5, 5.41) is 7.00. The standard InChI is InChI=1S/C9H15N2O13P3.CH4O/c12-7-3-4-11(9(13)10-7)8-2-1-6(22-8)5-21-26(17,18)24-27(19,20)23-25(14,15)16;1-2/h3-4,6,8H,1-2,5H2,(H,17,18)(H,19,20)(H,10,12,13)(H2,14,15,16);2H,1H3. The van der Waals surface area contributed by atoms with Gasteiger partial charge in [-0.2, -0.15) is 8.62 Å². The Kier molecular flexibility index (Phi) is 9.30. The highest BCUT2D eigenvalue weighted by Crippen LogP contribution is 2.66. The minimum Gasteiger partial charge on any atom is -0.400 e. The van der Waals surface area contributed by atoms with Crippen molar-refractivity contribution in [1.29, 1.82) is 0 Å². The molecule has 1 aromatic heterocycles. The number of aliphatic hydroxyl groups excluding tert-OH is 1. The van der Waals surface area contributed by atoms with Crippen molar-refractivity contribution in [2.75, 3.05) is 13.7 Å². The van der Waals surface area contributed by atoms with Crippen LogP contribution in [0.4, 0.5) is 0 Å². The van der Waals surface area contributed by atoms with Gasteiger partial charge in [-0.05, 0) is 12.8 Å². The predicted molar refractivity (Wildman–Crippen MR) is 92.4 cm³/mol. The van der Waals surface area contributed by atoms with Crippen molar-refractivity contribution in [3.05, 3.63) is 33.1 Å². The van der Waals surface area contributed by atoms with Gasteiger partial charge in [0, 0.05) is 19.4 Å². The van der Waals surface area contributed by atoms with E-state index in [0.29, 0.717) is 0 Å². The Hall–Kier alpha value is -0.990. The summed E-state index contributed by atoms with van der Waals surface area (Å²) >= 11 is 0. The van der Waals surface area contributed by atoms with E-state index in [4.69, 9.17) is 24.5 Å². The quantitative estimate of drug-likeness (QED) is 0.247. The zero-order valence-electron chi connectivity index (χ0n) is 14.6. The lowest BCUT2D eigenvalue weighted by Gasteiger charge is -2.18. The van der Waals surface area contributed by atoms with Crippen LogP contribution in [0.25, 0.3) is 0 Å². The van der Waals surface area contributed by atoms with Crippen molar-refractivity contribution in [3.63, 3.8) is 0 Å². The molecule has 29 heavy (non-hydrogen) atoms. The van der Waals surface area contributed by atoms with Crippen LogP contribution in [0.15, 0.2) is 21.9 Å². The zero-order valence-corrected chi connectivity index (χ0v) is 17.3.